The van der Waals surface area contributed by atoms with Crippen LogP contribution in [-0.2, 0) is 0 Å². The molecule has 0 bridgehead atoms. The predicted octanol–water partition coefficient (Wildman–Crippen LogP) is 4.48. The minimum Gasteiger partial charge on any atom is -0.335 e. The van der Waals surface area contributed by atoms with Crippen LogP contribution in [0, 0.1) is 0 Å². The average molecular weight is 315 g/mol. The predicted molar refractivity (Wildman–Crippen MR) is 84.6 cm³/mol. The number of para-hydroxylation sites is 1. The molecule has 0 saturated carbocycles. The van der Waals surface area contributed by atoms with Crippen LogP contribution in [0.2, 0.25) is 10.2 Å². The van der Waals surface area contributed by atoms with E-state index in [4.69, 9.17) is 23.2 Å². The minimum absolute atomic E-state index is 0.244. The number of benzene rings is 1. The van der Waals surface area contributed by atoms with Gasteiger partial charge in [-0.3, -0.25) is 0 Å². The Morgan fingerprint density at radius 1 is 0.905 bits per heavy atom. The van der Waals surface area contributed by atoms with Gasteiger partial charge >= 0.3 is 0 Å². The van der Waals surface area contributed by atoms with Gasteiger partial charge in [-0.1, -0.05) is 47.5 Å². The van der Waals surface area contributed by atoms with Crippen LogP contribution in [0.25, 0.3) is 33.6 Å². The van der Waals surface area contributed by atoms with Crippen molar-refractivity contribution in [1.29, 1.82) is 0 Å². The van der Waals surface area contributed by atoms with Crippen molar-refractivity contribution in [2.45, 2.75) is 0 Å². The standard InChI is InChI=1S/C15H8Cl2N4/c16-9-7-12-15(20-13(9)17)21-14(19-12)11-6-5-8-3-1-2-4-10(8)18-11/h1-7H,(H,19,20,21). The first-order chi connectivity index (χ1) is 10.2. The molecule has 1 aromatic carbocycles. The van der Waals surface area contributed by atoms with E-state index in [0.717, 1.165) is 22.1 Å². The highest BCUT2D eigenvalue weighted by molar-refractivity contribution is 6.41. The molecule has 0 amide bonds. The topological polar surface area (TPSA) is 54.5 Å². The van der Waals surface area contributed by atoms with Crippen LogP contribution >= 0.6 is 23.2 Å². The number of fused-ring (bicyclic) bond motifs is 2. The van der Waals surface area contributed by atoms with Gasteiger partial charge < -0.3 is 4.98 Å². The number of aromatic amines is 1. The summed E-state index contributed by atoms with van der Waals surface area (Å²) in [6.07, 6.45) is 0. The highest BCUT2D eigenvalue weighted by atomic mass is 35.5. The summed E-state index contributed by atoms with van der Waals surface area (Å²) < 4.78 is 0. The van der Waals surface area contributed by atoms with Gasteiger partial charge in [0.2, 0.25) is 0 Å². The molecule has 0 aliphatic carbocycles. The highest BCUT2D eigenvalue weighted by Gasteiger charge is 2.10. The smallest absolute Gasteiger partial charge is 0.179 e. The monoisotopic (exact) mass is 314 g/mol. The van der Waals surface area contributed by atoms with E-state index in [1.165, 1.54) is 0 Å². The van der Waals surface area contributed by atoms with E-state index in [0.29, 0.717) is 16.5 Å². The summed E-state index contributed by atoms with van der Waals surface area (Å²) in [6, 6.07) is 13.6. The van der Waals surface area contributed by atoms with Crippen molar-refractivity contribution in [3.8, 4) is 11.5 Å². The number of nitrogens with one attached hydrogen (secondary N) is 1. The van der Waals surface area contributed by atoms with Gasteiger partial charge in [-0.15, -0.1) is 0 Å². The molecular weight excluding hydrogens is 307 g/mol. The van der Waals surface area contributed by atoms with Crippen molar-refractivity contribution in [2.75, 3.05) is 0 Å². The first-order valence-corrected chi connectivity index (χ1v) is 7.04. The number of imidazole rings is 1. The summed E-state index contributed by atoms with van der Waals surface area (Å²) in [7, 11) is 0. The van der Waals surface area contributed by atoms with Crippen molar-refractivity contribution in [2.24, 2.45) is 0 Å². The van der Waals surface area contributed by atoms with Gasteiger partial charge in [-0.25, -0.2) is 15.0 Å². The van der Waals surface area contributed by atoms with Crippen molar-refractivity contribution in [1.82, 2.24) is 19.9 Å². The summed E-state index contributed by atoms with van der Waals surface area (Å²) in [5, 5.41) is 1.72. The molecule has 0 unspecified atom stereocenters. The average Bonchev–Trinajstić information content (AvgIpc) is 2.90. The maximum absolute atomic E-state index is 5.96. The van der Waals surface area contributed by atoms with Gasteiger partial charge in [0.05, 0.1) is 16.1 Å². The summed E-state index contributed by atoms with van der Waals surface area (Å²) >= 11 is 11.9. The van der Waals surface area contributed by atoms with Crippen LogP contribution in [-0.4, -0.2) is 19.9 Å². The number of pyridine rings is 2. The first-order valence-electron chi connectivity index (χ1n) is 6.28. The number of rotatable bonds is 1. The molecule has 0 saturated heterocycles. The summed E-state index contributed by atoms with van der Waals surface area (Å²) in [4.78, 5) is 16.3. The third-order valence-corrected chi connectivity index (χ3v) is 3.90. The summed E-state index contributed by atoms with van der Waals surface area (Å²) in [5.41, 5.74) is 2.92. The normalized spacial score (nSPS) is 11.3. The molecule has 0 aliphatic heterocycles. The molecule has 4 nitrogen and oxygen atoms in total. The van der Waals surface area contributed by atoms with E-state index in [-0.39, 0.29) is 5.15 Å². The molecule has 3 aromatic heterocycles. The van der Waals surface area contributed by atoms with Crippen molar-refractivity contribution in [3.05, 3.63) is 52.6 Å². The number of halogens is 2. The van der Waals surface area contributed by atoms with Crippen molar-refractivity contribution >= 4 is 45.3 Å². The number of nitrogens with zero attached hydrogens (tertiary/aromatic N) is 3. The van der Waals surface area contributed by atoms with Gasteiger partial charge in [0.15, 0.2) is 11.5 Å². The Bertz CT molecular complexity index is 939. The fraction of sp³-hybridized carbons (Fsp3) is 0. The van der Waals surface area contributed by atoms with Crippen LogP contribution in [0.1, 0.15) is 0 Å². The fourth-order valence-corrected chi connectivity index (χ4v) is 2.50. The minimum atomic E-state index is 0.244. The highest BCUT2D eigenvalue weighted by Crippen LogP contribution is 2.26. The van der Waals surface area contributed by atoms with Gasteiger partial charge in [-0.2, -0.15) is 0 Å². The van der Waals surface area contributed by atoms with Crippen LogP contribution in [0.5, 0.6) is 0 Å². The SMILES string of the molecule is Clc1cc2[nH]c(-c3ccc4ccccc4n3)nc2nc1Cl. The van der Waals surface area contributed by atoms with Crippen molar-refractivity contribution in [3.63, 3.8) is 0 Å². The van der Waals surface area contributed by atoms with E-state index in [1.807, 2.05) is 36.4 Å². The Morgan fingerprint density at radius 3 is 2.67 bits per heavy atom. The van der Waals surface area contributed by atoms with Gasteiger partial charge in [0.25, 0.3) is 0 Å². The third kappa shape index (κ3) is 2.13. The summed E-state index contributed by atoms with van der Waals surface area (Å²) in [5.74, 6) is 0.640. The molecule has 21 heavy (non-hydrogen) atoms. The maximum atomic E-state index is 5.96. The quantitative estimate of drug-likeness (QED) is 0.527. The van der Waals surface area contributed by atoms with Crippen LogP contribution in [0.3, 0.4) is 0 Å². The molecule has 4 rings (SSSR count). The number of H-pyrrole nitrogens is 1. The van der Waals surface area contributed by atoms with E-state index in [1.54, 1.807) is 6.07 Å². The first kappa shape index (κ1) is 12.6. The number of hydrogen-bond acceptors (Lipinski definition) is 3. The lowest BCUT2D eigenvalue weighted by Gasteiger charge is -1.99. The Kier molecular flexibility index (Phi) is 2.80. The van der Waals surface area contributed by atoms with Crippen LogP contribution in [0.4, 0.5) is 0 Å². The van der Waals surface area contributed by atoms with E-state index >= 15 is 0 Å². The Balaban J connectivity index is 1.91. The number of hydrogen-bond donors (Lipinski definition) is 1. The zero-order valence-corrected chi connectivity index (χ0v) is 12.2. The lowest BCUT2D eigenvalue weighted by atomic mass is 10.2. The maximum Gasteiger partial charge on any atom is 0.179 e. The van der Waals surface area contributed by atoms with Gasteiger partial charge in [0, 0.05) is 5.39 Å². The number of aromatic nitrogens is 4. The summed E-state index contributed by atoms with van der Waals surface area (Å²) in [6.45, 7) is 0. The van der Waals surface area contributed by atoms with Crippen molar-refractivity contribution < 1.29 is 0 Å². The van der Waals surface area contributed by atoms with E-state index in [2.05, 4.69) is 19.9 Å². The molecule has 3 heterocycles. The molecule has 6 heteroatoms. The lowest BCUT2D eigenvalue weighted by Crippen LogP contribution is -1.86. The van der Waals surface area contributed by atoms with Crippen LogP contribution in [0.15, 0.2) is 42.5 Å². The second-order valence-electron chi connectivity index (χ2n) is 4.61. The van der Waals surface area contributed by atoms with Crippen LogP contribution < -0.4 is 0 Å². The Morgan fingerprint density at radius 2 is 1.76 bits per heavy atom. The second-order valence-corrected chi connectivity index (χ2v) is 5.37. The largest absolute Gasteiger partial charge is 0.335 e. The third-order valence-electron chi connectivity index (χ3n) is 3.22. The molecule has 0 spiro atoms. The second kappa shape index (κ2) is 4.69. The van der Waals surface area contributed by atoms with E-state index < -0.39 is 0 Å². The molecular formula is C15H8Cl2N4. The lowest BCUT2D eigenvalue weighted by molar-refractivity contribution is 1.25. The zero-order chi connectivity index (χ0) is 14.4. The zero-order valence-electron chi connectivity index (χ0n) is 10.6. The molecule has 0 fully saturated rings. The fourth-order valence-electron chi connectivity index (χ4n) is 2.22. The molecule has 0 radical (unpaired) electrons. The molecule has 0 aliphatic rings. The Hall–Kier alpha value is -2.17. The van der Waals surface area contributed by atoms with Gasteiger partial charge in [-0.05, 0) is 18.2 Å². The molecule has 4 aromatic rings. The molecule has 102 valence electrons. The van der Waals surface area contributed by atoms with E-state index in [9.17, 15) is 0 Å². The molecule has 0 atom stereocenters. The Labute approximate surface area is 129 Å². The van der Waals surface area contributed by atoms with Gasteiger partial charge in [0.1, 0.15) is 10.8 Å². The molecule has 1 N–H and O–H groups in total.